The summed E-state index contributed by atoms with van der Waals surface area (Å²) in [6.07, 6.45) is 2.98. The molecule has 1 aromatic carbocycles. The minimum atomic E-state index is 0.338. The molecule has 0 aliphatic rings. The number of pyridine rings is 1. The zero-order chi connectivity index (χ0) is 12.8. The highest BCUT2D eigenvalue weighted by atomic mass is 14.9. The average molecular weight is 240 g/mol. The van der Waals surface area contributed by atoms with Crippen LogP contribution < -0.4 is 5.32 Å². The normalized spacial score (nSPS) is 12.3. The van der Waals surface area contributed by atoms with Crippen molar-refractivity contribution in [2.45, 2.75) is 26.3 Å². The van der Waals surface area contributed by atoms with E-state index in [1.54, 1.807) is 0 Å². The maximum absolute atomic E-state index is 4.38. The summed E-state index contributed by atoms with van der Waals surface area (Å²) in [5, 5.41) is 3.53. The van der Waals surface area contributed by atoms with Crippen LogP contribution in [0, 0.1) is 6.92 Å². The Balaban J connectivity index is 2.15. The molecule has 1 aromatic heterocycles. The molecule has 0 saturated heterocycles. The molecule has 94 valence electrons. The lowest BCUT2D eigenvalue weighted by Gasteiger charge is -2.18. The van der Waals surface area contributed by atoms with Gasteiger partial charge in [-0.15, -0.1) is 0 Å². The van der Waals surface area contributed by atoms with Crippen LogP contribution in [0.3, 0.4) is 0 Å². The van der Waals surface area contributed by atoms with Crippen LogP contribution in [0.15, 0.2) is 48.7 Å². The van der Waals surface area contributed by atoms with E-state index in [1.807, 2.05) is 13.1 Å². The molecule has 2 aromatic rings. The molecule has 0 radical (unpaired) electrons. The fourth-order valence-electron chi connectivity index (χ4n) is 2.09. The number of rotatable bonds is 5. The van der Waals surface area contributed by atoms with Crippen molar-refractivity contribution < 1.29 is 0 Å². The van der Waals surface area contributed by atoms with Crippen LogP contribution in [0.4, 0.5) is 0 Å². The number of likely N-dealkylation sites (N-methyl/N-ethyl adjacent to an activating group) is 1. The Morgan fingerprint density at radius 3 is 2.50 bits per heavy atom. The minimum Gasteiger partial charge on any atom is -0.310 e. The summed E-state index contributed by atoms with van der Waals surface area (Å²) in [5.41, 5.74) is 3.67. The molecule has 2 rings (SSSR count). The summed E-state index contributed by atoms with van der Waals surface area (Å²) >= 11 is 0. The van der Waals surface area contributed by atoms with E-state index in [0.717, 1.165) is 18.7 Å². The van der Waals surface area contributed by atoms with Crippen molar-refractivity contribution in [2.75, 3.05) is 6.54 Å². The van der Waals surface area contributed by atoms with Gasteiger partial charge in [-0.2, -0.15) is 0 Å². The van der Waals surface area contributed by atoms with Gasteiger partial charge >= 0.3 is 0 Å². The van der Waals surface area contributed by atoms with Gasteiger partial charge in [0.2, 0.25) is 0 Å². The lowest BCUT2D eigenvalue weighted by Crippen LogP contribution is -2.23. The summed E-state index contributed by atoms with van der Waals surface area (Å²) < 4.78 is 0. The molecule has 1 atom stereocenters. The Morgan fingerprint density at radius 1 is 1.11 bits per heavy atom. The zero-order valence-electron chi connectivity index (χ0n) is 11.1. The van der Waals surface area contributed by atoms with Gasteiger partial charge in [0.15, 0.2) is 0 Å². The van der Waals surface area contributed by atoms with E-state index in [4.69, 9.17) is 0 Å². The average Bonchev–Trinajstić information content (AvgIpc) is 2.40. The van der Waals surface area contributed by atoms with Gasteiger partial charge in [-0.1, -0.05) is 43.3 Å². The molecule has 1 unspecified atom stereocenters. The van der Waals surface area contributed by atoms with Gasteiger partial charge in [-0.05, 0) is 37.1 Å². The third-order valence-electron chi connectivity index (χ3n) is 3.07. The van der Waals surface area contributed by atoms with Crippen molar-refractivity contribution in [1.29, 1.82) is 0 Å². The van der Waals surface area contributed by atoms with Crippen LogP contribution in [0.2, 0.25) is 0 Å². The summed E-state index contributed by atoms with van der Waals surface area (Å²) in [6.45, 7) is 5.12. The molecule has 0 aliphatic heterocycles. The third-order valence-corrected chi connectivity index (χ3v) is 3.07. The van der Waals surface area contributed by atoms with E-state index >= 15 is 0 Å². The number of nitrogens with one attached hydrogen (secondary N) is 1. The van der Waals surface area contributed by atoms with Crippen LogP contribution in [-0.4, -0.2) is 11.5 Å². The van der Waals surface area contributed by atoms with Gasteiger partial charge in [0, 0.05) is 17.9 Å². The summed E-state index contributed by atoms with van der Waals surface area (Å²) in [5.74, 6) is 0. The highest BCUT2D eigenvalue weighted by molar-refractivity contribution is 5.22. The molecule has 2 heteroatoms. The van der Waals surface area contributed by atoms with Crippen molar-refractivity contribution in [2.24, 2.45) is 0 Å². The monoisotopic (exact) mass is 240 g/mol. The van der Waals surface area contributed by atoms with Crippen LogP contribution in [0.5, 0.6) is 0 Å². The highest BCUT2D eigenvalue weighted by Crippen LogP contribution is 2.17. The first-order valence-corrected chi connectivity index (χ1v) is 6.49. The van der Waals surface area contributed by atoms with Gasteiger partial charge in [0.1, 0.15) is 0 Å². The molecule has 1 N–H and O–H groups in total. The molecular formula is C16H20N2. The third kappa shape index (κ3) is 3.41. The van der Waals surface area contributed by atoms with Crippen molar-refractivity contribution in [3.63, 3.8) is 0 Å². The first kappa shape index (κ1) is 12.8. The summed E-state index contributed by atoms with van der Waals surface area (Å²) in [6, 6.07) is 15.2. The standard InChI is InChI=1S/C16H20N2/c1-3-17-16(11-14-7-5-4-6-8-14)15-10-9-13(2)18-12-15/h4-10,12,16-17H,3,11H2,1-2H3. The van der Waals surface area contributed by atoms with E-state index in [2.05, 4.69) is 59.7 Å². The van der Waals surface area contributed by atoms with E-state index in [1.165, 1.54) is 11.1 Å². The Labute approximate surface area is 109 Å². The number of aromatic nitrogens is 1. The van der Waals surface area contributed by atoms with Crippen molar-refractivity contribution in [1.82, 2.24) is 10.3 Å². The Hall–Kier alpha value is -1.67. The highest BCUT2D eigenvalue weighted by Gasteiger charge is 2.11. The van der Waals surface area contributed by atoms with E-state index in [0.29, 0.717) is 6.04 Å². The molecule has 1 heterocycles. The number of aryl methyl sites for hydroxylation is 1. The van der Waals surface area contributed by atoms with Gasteiger partial charge in [0.05, 0.1) is 0 Å². The minimum absolute atomic E-state index is 0.338. The second-order valence-electron chi connectivity index (χ2n) is 4.53. The molecule has 18 heavy (non-hydrogen) atoms. The number of hydrogen-bond acceptors (Lipinski definition) is 2. The van der Waals surface area contributed by atoms with Crippen molar-refractivity contribution in [3.05, 3.63) is 65.5 Å². The van der Waals surface area contributed by atoms with Gasteiger partial charge < -0.3 is 5.32 Å². The largest absolute Gasteiger partial charge is 0.310 e. The SMILES string of the molecule is CCNC(Cc1ccccc1)c1ccc(C)nc1. The molecule has 2 nitrogen and oxygen atoms in total. The molecule has 0 bridgehead atoms. The van der Waals surface area contributed by atoms with Crippen molar-refractivity contribution >= 4 is 0 Å². The van der Waals surface area contributed by atoms with Gasteiger partial charge in [-0.25, -0.2) is 0 Å². The van der Waals surface area contributed by atoms with E-state index < -0.39 is 0 Å². The van der Waals surface area contributed by atoms with E-state index in [-0.39, 0.29) is 0 Å². The summed E-state index contributed by atoms with van der Waals surface area (Å²) in [7, 11) is 0. The predicted octanol–water partition coefficient (Wildman–Crippen LogP) is 3.28. The fraction of sp³-hybridized carbons (Fsp3) is 0.312. The Bertz CT molecular complexity index is 462. The predicted molar refractivity (Wildman–Crippen MR) is 75.5 cm³/mol. The van der Waals surface area contributed by atoms with E-state index in [9.17, 15) is 0 Å². The van der Waals surface area contributed by atoms with Crippen LogP contribution in [0.25, 0.3) is 0 Å². The quantitative estimate of drug-likeness (QED) is 0.867. The van der Waals surface area contributed by atoms with Crippen LogP contribution in [-0.2, 0) is 6.42 Å². The first-order chi connectivity index (χ1) is 8.79. The number of benzene rings is 1. The molecule has 0 saturated carbocycles. The molecular weight excluding hydrogens is 220 g/mol. The maximum Gasteiger partial charge on any atom is 0.0376 e. The first-order valence-electron chi connectivity index (χ1n) is 6.49. The van der Waals surface area contributed by atoms with Crippen LogP contribution in [0.1, 0.15) is 29.8 Å². The molecule has 0 aliphatic carbocycles. The fourth-order valence-corrected chi connectivity index (χ4v) is 2.09. The zero-order valence-corrected chi connectivity index (χ0v) is 11.1. The van der Waals surface area contributed by atoms with Gasteiger partial charge in [-0.3, -0.25) is 4.98 Å². The molecule has 0 amide bonds. The smallest absolute Gasteiger partial charge is 0.0376 e. The number of hydrogen-bond donors (Lipinski definition) is 1. The topological polar surface area (TPSA) is 24.9 Å². The lowest BCUT2D eigenvalue weighted by atomic mass is 10.00. The van der Waals surface area contributed by atoms with Crippen LogP contribution >= 0.6 is 0 Å². The molecule has 0 fully saturated rings. The maximum atomic E-state index is 4.38. The van der Waals surface area contributed by atoms with Gasteiger partial charge in [0.25, 0.3) is 0 Å². The molecule has 0 spiro atoms. The van der Waals surface area contributed by atoms with Crippen molar-refractivity contribution in [3.8, 4) is 0 Å². The number of nitrogens with zero attached hydrogens (tertiary/aromatic N) is 1. The Kier molecular flexibility index (Phi) is 4.48. The lowest BCUT2D eigenvalue weighted by molar-refractivity contribution is 0.548. The summed E-state index contributed by atoms with van der Waals surface area (Å²) in [4.78, 5) is 4.38. The second kappa shape index (κ2) is 6.31. The second-order valence-corrected chi connectivity index (χ2v) is 4.53. The Morgan fingerprint density at radius 2 is 1.89 bits per heavy atom.